The SMILES string of the molecule is COc1ncc(C(=O)Nc2ccc(CC[C@H]3COC(N)=N3)cc2)c(C(F)(F)F)n1. The van der Waals surface area contributed by atoms with Gasteiger partial charge in [0.1, 0.15) is 6.61 Å². The Balaban J connectivity index is 1.66. The van der Waals surface area contributed by atoms with Crippen LogP contribution >= 0.6 is 0 Å². The number of halogens is 3. The van der Waals surface area contributed by atoms with E-state index < -0.39 is 29.4 Å². The molecule has 1 aromatic heterocycles. The molecule has 0 radical (unpaired) electrons. The number of nitrogens with one attached hydrogen (secondary N) is 1. The summed E-state index contributed by atoms with van der Waals surface area (Å²) < 4.78 is 49.3. The lowest BCUT2D eigenvalue weighted by Gasteiger charge is -2.12. The number of amidine groups is 1. The van der Waals surface area contributed by atoms with E-state index in [0.717, 1.165) is 25.3 Å². The second-order valence-electron chi connectivity index (χ2n) is 6.24. The highest BCUT2D eigenvalue weighted by Gasteiger charge is 2.38. The predicted octanol–water partition coefficient (Wildman–Crippen LogP) is 2.40. The Labute approximate surface area is 164 Å². The van der Waals surface area contributed by atoms with Crippen LogP contribution in [0.4, 0.5) is 18.9 Å². The summed E-state index contributed by atoms with van der Waals surface area (Å²) in [5.41, 5.74) is 4.73. The number of amides is 1. The number of nitrogens with two attached hydrogens (primary N) is 1. The number of alkyl halides is 3. The molecule has 2 heterocycles. The van der Waals surface area contributed by atoms with Crippen LogP contribution < -0.4 is 15.8 Å². The smallest absolute Gasteiger partial charge is 0.434 e. The van der Waals surface area contributed by atoms with Crippen LogP contribution in [0.15, 0.2) is 35.5 Å². The van der Waals surface area contributed by atoms with Gasteiger partial charge in [0.2, 0.25) is 0 Å². The average molecular weight is 409 g/mol. The van der Waals surface area contributed by atoms with Gasteiger partial charge in [-0.05, 0) is 30.5 Å². The van der Waals surface area contributed by atoms with E-state index in [2.05, 4.69) is 25.0 Å². The van der Waals surface area contributed by atoms with Gasteiger partial charge < -0.3 is 20.5 Å². The van der Waals surface area contributed by atoms with E-state index in [9.17, 15) is 18.0 Å². The van der Waals surface area contributed by atoms with Crippen molar-refractivity contribution >= 4 is 17.6 Å². The molecule has 0 bridgehead atoms. The number of carbonyl (C=O) groups is 1. The molecule has 0 saturated heterocycles. The Morgan fingerprint density at radius 1 is 1.34 bits per heavy atom. The van der Waals surface area contributed by atoms with Crippen LogP contribution in [0.2, 0.25) is 0 Å². The van der Waals surface area contributed by atoms with Crippen molar-refractivity contribution < 1.29 is 27.4 Å². The van der Waals surface area contributed by atoms with Crippen LogP contribution in [0.3, 0.4) is 0 Å². The van der Waals surface area contributed by atoms with Crippen LogP contribution in [-0.2, 0) is 17.3 Å². The first kappa shape index (κ1) is 20.4. The fourth-order valence-corrected chi connectivity index (χ4v) is 2.72. The molecular weight excluding hydrogens is 391 g/mol. The van der Waals surface area contributed by atoms with E-state index in [1.165, 1.54) is 0 Å². The van der Waals surface area contributed by atoms with E-state index >= 15 is 0 Å². The average Bonchev–Trinajstić information content (AvgIpc) is 3.11. The molecule has 1 amide bonds. The van der Waals surface area contributed by atoms with Crippen molar-refractivity contribution in [2.24, 2.45) is 10.7 Å². The Hall–Kier alpha value is -3.37. The first-order valence-corrected chi connectivity index (χ1v) is 8.61. The van der Waals surface area contributed by atoms with Crippen LogP contribution in [-0.4, -0.2) is 41.7 Å². The summed E-state index contributed by atoms with van der Waals surface area (Å²) in [6.07, 6.45) is -2.59. The highest BCUT2D eigenvalue weighted by atomic mass is 19.4. The number of nitrogens with zero attached hydrogens (tertiary/aromatic N) is 3. The highest BCUT2D eigenvalue weighted by Crippen LogP contribution is 2.31. The normalized spacial score (nSPS) is 16.1. The van der Waals surface area contributed by atoms with Gasteiger partial charge in [-0.1, -0.05) is 12.1 Å². The topological polar surface area (TPSA) is 112 Å². The monoisotopic (exact) mass is 409 g/mol. The third-order valence-corrected chi connectivity index (χ3v) is 4.17. The van der Waals surface area contributed by atoms with E-state index in [0.29, 0.717) is 18.7 Å². The minimum atomic E-state index is -4.83. The van der Waals surface area contributed by atoms with Gasteiger partial charge in [0.25, 0.3) is 11.9 Å². The van der Waals surface area contributed by atoms with Crippen LogP contribution in [0.1, 0.15) is 28.0 Å². The number of anilines is 1. The van der Waals surface area contributed by atoms with Gasteiger partial charge in [-0.25, -0.2) is 9.98 Å². The summed E-state index contributed by atoms with van der Waals surface area (Å²) >= 11 is 0. The number of benzene rings is 1. The van der Waals surface area contributed by atoms with Crippen LogP contribution in [0, 0.1) is 0 Å². The van der Waals surface area contributed by atoms with Crippen molar-refractivity contribution in [1.29, 1.82) is 0 Å². The molecule has 2 aromatic rings. The predicted molar refractivity (Wildman–Crippen MR) is 97.7 cm³/mol. The van der Waals surface area contributed by atoms with Crippen LogP contribution in [0.25, 0.3) is 0 Å². The molecule has 3 N–H and O–H groups in total. The lowest BCUT2D eigenvalue weighted by atomic mass is 10.1. The molecule has 0 aliphatic carbocycles. The molecule has 154 valence electrons. The van der Waals surface area contributed by atoms with E-state index in [1.54, 1.807) is 24.3 Å². The van der Waals surface area contributed by atoms with Gasteiger partial charge in [-0.2, -0.15) is 18.2 Å². The molecule has 1 aliphatic rings. The molecular formula is C18H18F3N5O3. The molecule has 3 rings (SSSR count). The summed E-state index contributed by atoms with van der Waals surface area (Å²) in [6, 6.07) is 6.47. The summed E-state index contributed by atoms with van der Waals surface area (Å²) in [5.74, 6) is -0.972. The molecule has 1 aromatic carbocycles. The minimum absolute atomic E-state index is 0.00485. The summed E-state index contributed by atoms with van der Waals surface area (Å²) in [4.78, 5) is 23.3. The maximum atomic E-state index is 13.2. The van der Waals surface area contributed by atoms with E-state index in [4.69, 9.17) is 10.5 Å². The zero-order valence-electron chi connectivity index (χ0n) is 15.4. The number of hydrogen-bond donors (Lipinski definition) is 2. The fourth-order valence-electron chi connectivity index (χ4n) is 2.72. The molecule has 0 spiro atoms. The number of aliphatic imine (C=N–C) groups is 1. The van der Waals surface area contributed by atoms with Gasteiger partial charge in [0.15, 0.2) is 5.69 Å². The zero-order chi connectivity index (χ0) is 21.0. The van der Waals surface area contributed by atoms with Gasteiger partial charge in [-0.15, -0.1) is 0 Å². The first-order chi connectivity index (χ1) is 13.8. The summed E-state index contributed by atoms with van der Waals surface area (Å²) in [6.45, 7) is 0.450. The number of hydrogen-bond acceptors (Lipinski definition) is 7. The minimum Gasteiger partial charge on any atom is -0.467 e. The standard InChI is InChI=1S/C18H18F3N5O3/c1-28-17-23-8-13(14(26-17)18(19,20)21)15(27)24-11-5-2-10(3-6-11)4-7-12-9-29-16(22)25-12/h2-3,5-6,8,12H,4,7,9H2,1H3,(H2,22,25)(H,24,27)/t12-/m0/s1. The van der Waals surface area contributed by atoms with E-state index in [-0.39, 0.29) is 12.1 Å². The van der Waals surface area contributed by atoms with E-state index in [1.807, 2.05) is 0 Å². The molecule has 1 atom stereocenters. The van der Waals surface area contributed by atoms with Crippen LogP contribution in [0.5, 0.6) is 6.01 Å². The van der Waals surface area contributed by atoms with Gasteiger partial charge >= 0.3 is 12.2 Å². The lowest BCUT2D eigenvalue weighted by molar-refractivity contribution is -0.141. The number of ether oxygens (including phenoxy) is 2. The number of carbonyl (C=O) groups excluding carboxylic acids is 1. The van der Waals surface area contributed by atoms with Crippen molar-refractivity contribution in [3.63, 3.8) is 0 Å². The highest BCUT2D eigenvalue weighted by molar-refractivity contribution is 6.05. The molecule has 29 heavy (non-hydrogen) atoms. The van der Waals surface area contributed by atoms with Gasteiger partial charge in [0.05, 0.1) is 18.7 Å². The zero-order valence-corrected chi connectivity index (χ0v) is 15.4. The number of aryl methyl sites for hydroxylation is 1. The van der Waals surface area contributed by atoms with Gasteiger partial charge in [0, 0.05) is 11.9 Å². The van der Waals surface area contributed by atoms with Crippen molar-refractivity contribution in [1.82, 2.24) is 9.97 Å². The second kappa shape index (κ2) is 8.33. The maximum absolute atomic E-state index is 13.2. The second-order valence-corrected chi connectivity index (χ2v) is 6.24. The van der Waals surface area contributed by atoms with Crippen molar-refractivity contribution in [3.05, 3.63) is 47.3 Å². The maximum Gasteiger partial charge on any atom is 0.434 e. The van der Waals surface area contributed by atoms with Crippen molar-refractivity contribution in [3.8, 4) is 6.01 Å². The molecule has 0 fully saturated rings. The Morgan fingerprint density at radius 2 is 2.07 bits per heavy atom. The molecule has 0 saturated carbocycles. The van der Waals surface area contributed by atoms with Gasteiger partial charge in [-0.3, -0.25) is 4.79 Å². The summed E-state index contributed by atoms with van der Waals surface area (Å²) in [7, 11) is 1.14. The molecule has 1 aliphatic heterocycles. The first-order valence-electron chi connectivity index (χ1n) is 8.61. The third kappa shape index (κ3) is 5.12. The lowest BCUT2D eigenvalue weighted by Crippen LogP contribution is -2.21. The number of aromatic nitrogens is 2. The Kier molecular flexibility index (Phi) is 5.85. The quantitative estimate of drug-likeness (QED) is 0.758. The third-order valence-electron chi connectivity index (χ3n) is 4.17. The van der Waals surface area contributed by atoms with Crippen molar-refractivity contribution in [2.45, 2.75) is 25.1 Å². The molecule has 0 unspecified atom stereocenters. The molecule has 8 nitrogen and oxygen atoms in total. The largest absolute Gasteiger partial charge is 0.467 e. The Morgan fingerprint density at radius 3 is 2.66 bits per heavy atom. The number of rotatable bonds is 6. The Bertz CT molecular complexity index is 916. The molecule has 11 heteroatoms. The summed E-state index contributed by atoms with van der Waals surface area (Å²) in [5, 5.41) is 2.42. The van der Waals surface area contributed by atoms with Crippen molar-refractivity contribution in [2.75, 3.05) is 19.0 Å². The fraction of sp³-hybridized carbons (Fsp3) is 0.333. The number of methoxy groups -OCH3 is 1.